The van der Waals surface area contributed by atoms with Crippen molar-refractivity contribution < 1.29 is 4.79 Å². The average molecular weight is 218 g/mol. The Labute approximate surface area is 96.5 Å². The zero-order valence-electron chi connectivity index (χ0n) is 9.86. The van der Waals surface area contributed by atoms with E-state index in [2.05, 4.69) is 30.4 Å². The molecule has 1 N–H and O–H groups in total. The van der Waals surface area contributed by atoms with Crippen LogP contribution in [0.15, 0.2) is 24.3 Å². The minimum atomic E-state index is 0.185. The molecule has 0 radical (unpaired) electrons. The number of nitrogens with one attached hydrogen (secondary N) is 1. The predicted molar refractivity (Wildman–Crippen MR) is 64.2 cm³/mol. The molecule has 0 spiro atoms. The molecule has 1 aromatic rings. The van der Waals surface area contributed by atoms with Gasteiger partial charge >= 0.3 is 0 Å². The van der Waals surface area contributed by atoms with Crippen molar-refractivity contribution in [2.75, 3.05) is 20.1 Å². The molecule has 1 heterocycles. The van der Waals surface area contributed by atoms with Crippen molar-refractivity contribution in [3.8, 4) is 0 Å². The van der Waals surface area contributed by atoms with Crippen molar-refractivity contribution >= 4 is 5.91 Å². The van der Waals surface area contributed by atoms with Crippen LogP contribution in [-0.4, -0.2) is 30.9 Å². The summed E-state index contributed by atoms with van der Waals surface area (Å²) in [7, 11) is 1.81. The molecule has 0 aliphatic carbocycles. The van der Waals surface area contributed by atoms with Crippen molar-refractivity contribution in [3.63, 3.8) is 0 Å². The van der Waals surface area contributed by atoms with Gasteiger partial charge in [-0.3, -0.25) is 4.79 Å². The fourth-order valence-electron chi connectivity index (χ4n) is 2.37. The van der Waals surface area contributed by atoms with Crippen LogP contribution in [0.5, 0.6) is 0 Å². The number of rotatable bonds is 2. The molecule has 0 unspecified atom stereocenters. The van der Waals surface area contributed by atoms with Gasteiger partial charge in [0.2, 0.25) is 5.91 Å². The number of hydrogen-bond donors (Lipinski definition) is 1. The van der Waals surface area contributed by atoms with E-state index in [9.17, 15) is 4.79 Å². The highest BCUT2D eigenvalue weighted by atomic mass is 16.2. The maximum atomic E-state index is 11.9. The normalized spacial score (nSPS) is 19.4. The van der Waals surface area contributed by atoms with E-state index in [-0.39, 0.29) is 11.9 Å². The Morgan fingerprint density at radius 1 is 1.50 bits per heavy atom. The van der Waals surface area contributed by atoms with Gasteiger partial charge in [-0.25, -0.2) is 0 Å². The van der Waals surface area contributed by atoms with E-state index in [1.807, 2.05) is 11.0 Å². The van der Waals surface area contributed by atoms with Gasteiger partial charge in [-0.15, -0.1) is 0 Å². The topological polar surface area (TPSA) is 32.3 Å². The van der Waals surface area contributed by atoms with Crippen molar-refractivity contribution in [1.82, 2.24) is 10.2 Å². The smallest absolute Gasteiger partial charge is 0.237 e. The predicted octanol–water partition coefficient (Wildman–Crippen LogP) is 1.35. The Morgan fingerprint density at radius 2 is 2.25 bits per heavy atom. The lowest BCUT2D eigenvalue weighted by Crippen LogP contribution is -2.42. The first-order valence-electron chi connectivity index (χ1n) is 5.76. The molecule has 3 nitrogen and oxygen atoms in total. The highest BCUT2D eigenvalue weighted by Gasteiger charge is 2.26. The summed E-state index contributed by atoms with van der Waals surface area (Å²) in [5, 5.41) is 2.92. The number of nitrogens with zero attached hydrogens (tertiary/aromatic N) is 1. The van der Waals surface area contributed by atoms with E-state index >= 15 is 0 Å². The Balaban J connectivity index is 2.21. The molecule has 16 heavy (non-hydrogen) atoms. The maximum absolute atomic E-state index is 11.9. The van der Waals surface area contributed by atoms with Gasteiger partial charge in [-0.2, -0.15) is 0 Å². The highest BCUT2D eigenvalue weighted by Crippen LogP contribution is 2.28. The first kappa shape index (κ1) is 11.1. The first-order chi connectivity index (χ1) is 7.74. The monoisotopic (exact) mass is 218 g/mol. The number of carbonyl (C=O) groups excluding carboxylic acids is 1. The summed E-state index contributed by atoms with van der Waals surface area (Å²) in [5.74, 6) is 0.185. The fourth-order valence-corrected chi connectivity index (χ4v) is 2.37. The van der Waals surface area contributed by atoms with Gasteiger partial charge in [-0.05, 0) is 31.5 Å². The number of fused-ring (bicyclic) bond motifs is 1. The van der Waals surface area contributed by atoms with Gasteiger partial charge in [0.25, 0.3) is 0 Å². The van der Waals surface area contributed by atoms with E-state index in [1.165, 1.54) is 11.1 Å². The molecule has 1 aromatic carbocycles. The van der Waals surface area contributed by atoms with E-state index < -0.39 is 0 Å². The summed E-state index contributed by atoms with van der Waals surface area (Å²) in [6.45, 7) is 3.36. The minimum Gasteiger partial charge on any atom is -0.334 e. The summed E-state index contributed by atoms with van der Waals surface area (Å²) < 4.78 is 0. The van der Waals surface area contributed by atoms with Crippen LogP contribution < -0.4 is 5.32 Å². The number of benzene rings is 1. The lowest BCUT2D eigenvalue weighted by Gasteiger charge is -2.35. The van der Waals surface area contributed by atoms with Gasteiger partial charge in [0.1, 0.15) is 0 Å². The standard InChI is InChI=1S/C13H18N2O/c1-10-12-6-4-3-5-11(12)7-8-15(10)13(16)9-14-2/h3-6,10,14H,7-9H2,1-2H3/t10-/m0/s1. The molecule has 86 valence electrons. The second kappa shape index (κ2) is 4.66. The molecule has 2 rings (SSSR count). The van der Waals surface area contributed by atoms with Crippen molar-refractivity contribution in [2.45, 2.75) is 19.4 Å². The summed E-state index contributed by atoms with van der Waals surface area (Å²) in [5.41, 5.74) is 2.67. The van der Waals surface area contributed by atoms with Gasteiger partial charge in [0, 0.05) is 6.54 Å². The Kier molecular flexibility index (Phi) is 3.25. The lowest BCUT2D eigenvalue weighted by atomic mass is 9.93. The molecular formula is C13H18N2O. The molecule has 1 amide bonds. The van der Waals surface area contributed by atoms with E-state index in [4.69, 9.17) is 0 Å². The van der Waals surface area contributed by atoms with Crippen LogP contribution in [-0.2, 0) is 11.2 Å². The molecule has 0 fully saturated rings. The molecule has 1 aliphatic rings. The Bertz CT molecular complexity index is 389. The fraction of sp³-hybridized carbons (Fsp3) is 0.462. The summed E-state index contributed by atoms with van der Waals surface area (Å²) in [6, 6.07) is 8.59. The molecular weight excluding hydrogens is 200 g/mol. The largest absolute Gasteiger partial charge is 0.334 e. The second-order valence-electron chi connectivity index (χ2n) is 4.24. The third kappa shape index (κ3) is 1.95. The lowest BCUT2D eigenvalue weighted by molar-refractivity contribution is -0.132. The molecule has 3 heteroatoms. The molecule has 0 saturated carbocycles. The summed E-state index contributed by atoms with van der Waals surface area (Å²) >= 11 is 0. The van der Waals surface area contributed by atoms with Crippen LogP contribution in [0.4, 0.5) is 0 Å². The molecule has 0 aromatic heterocycles. The van der Waals surface area contributed by atoms with Gasteiger partial charge in [0.05, 0.1) is 12.6 Å². The third-order valence-electron chi connectivity index (χ3n) is 3.24. The third-order valence-corrected chi connectivity index (χ3v) is 3.24. The van der Waals surface area contributed by atoms with Crippen LogP contribution in [0.25, 0.3) is 0 Å². The molecule has 1 atom stereocenters. The average Bonchev–Trinajstić information content (AvgIpc) is 2.30. The maximum Gasteiger partial charge on any atom is 0.237 e. The SMILES string of the molecule is CNCC(=O)N1CCc2ccccc2[C@@H]1C. The van der Waals surface area contributed by atoms with E-state index in [1.54, 1.807) is 7.05 Å². The highest BCUT2D eigenvalue weighted by molar-refractivity contribution is 5.79. The summed E-state index contributed by atoms with van der Waals surface area (Å²) in [4.78, 5) is 13.8. The number of amides is 1. The van der Waals surface area contributed by atoms with Crippen LogP contribution >= 0.6 is 0 Å². The number of carbonyl (C=O) groups is 1. The van der Waals surface area contributed by atoms with Crippen molar-refractivity contribution in [1.29, 1.82) is 0 Å². The Morgan fingerprint density at radius 3 is 3.00 bits per heavy atom. The zero-order chi connectivity index (χ0) is 11.5. The number of likely N-dealkylation sites (N-methyl/N-ethyl adjacent to an activating group) is 1. The quantitative estimate of drug-likeness (QED) is 0.812. The van der Waals surface area contributed by atoms with Gasteiger partial charge < -0.3 is 10.2 Å². The van der Waals surface area contributed by atoms with Crippen molar-refractivity contribution in [2.24, 2.45) is 0 Å². The van der Waals surface area contributed by atoms with Crippen LogP contribution in [0.2, 0.25) is 0 Å². The van der Waals surface area contributed by atoms with Crippen molar-refractivity contribution in [3.05, 3.63) is 35.4 Å². The van der Waals surface area contributed by atoms with Crippen LogP contribution in [0.3, 0.4) is 0 Å². The van der Waals surface area contributed by atoms with E-state index in [0.717, 1.165) is 13.0 Å². The van der Waals surface area contributed by atoms with E-state index in [0.29, 0.717) is 6.54 Å². The molecule has 0 saturated heterocycles. The van der Waals surface area contributed by atoms with Gasteiger partial charge in [-0.1, -0.05) is 24.3 Å². The second-order valence-corrected chi connectivity index (χ2v) is 4.24. The van der Waals surface area contributed by atoms with Crippen LogP contribution in [0, 0.1) is 0 Å². The molecule has 0 bridgehead atoms. The summed E-state index contributed by atoms with van der Waals surface area (Å²) in [6.07, 6.45) is 0.968. The first-order valence-corrected chi connectivity index (χ1v) is 5.76. The molecule has 1 aliphatic heterocycles. The Hall–Kier alpha value is -1.35. The minimum absolute atomic E-state index is 0.185. The zero-order valence-corrected chi connectivity index (χ0v) is 9.86. The number of hydrogen-bond acceptors (Lipinski definition) is 2. The van der Waals surface area contributed by atoms with Gasteiger partial charge in [0.15, 0.2) is 0 Å². The van der Waals surface area contributed by atoms with Crippen LogP contribution in [0.1, 0.15) is 24.1 Å².